The van der Waals surface area contributed by atoms with Crippen molar-refractivity contribution in [3.63, 3.8) is 0 Å². The molecule has 0 aromatic heterocycles. The molecule has 21 heavy (non-hydrogen) atoms. The Morgan fingerprint density at radius 3 is 2.29 bits per heavy atom. The number of benzene rings is 1. The summed E-state index contributed by atoms with van der Waals surface area (Å²) in [4.78, 5) is 1.03. The molecule has 2 rings (SSSR count). The van der Waals surface area contributed by atoms with Crippen molar-refractivity contribution in [1.82, 2.24) is 5.32 Å². The number of nitrogens with one attached hydrogen (secondary N) is 1. The van der Waals surface area contributed by atoms with Gasteiger partial charge in [-0.15, -0.1) is 0 Å². The summed E-state index contributed by atoms with van der Waals surface area (Å²) in [6, 6.07) is 5.62. The molecular formula is C13H17F3N2O2S. The summed E-state index contributed by atoms with van der Waals surface area (Å²) in [6.45, 7) is 1.05. The minimum atomic E-state index is -5.33. The van der Waals surface area contributed by atoms with Crippen molar-refractivity contribution in [3.05, 3.63) is 24.3 Å². The zero-order valence-electron chi connectivity index (χ0n) is 11.5. The zero-order chi connectivity index (χ0) is 15.7. The van der Waals surface area contributed by atoms with Gasteiger partial charge in [0.1, 0.15) is 0 Å². The van der Waals surface area contributed by atoms with Crippen molar-refractivity contribution < 1.29 is 21.6 Å². The van der Waals surface area contributed by atoms with Crippen LogP contribution in [0.5, 0.6) is 0 Å². The summed E-state index contributed by atoms with van der Waals surface area (Å²) in [5, 5.41) is 3.12. The largest absolute Gasteiger partial charge is 0.501 e. The number of piperidine rings is 1. The first-order valence-electron chi connectivity index (χ1n) is 6.60. The van der Waals surface area contributed by atoms with E-state index in [0.717, 1.165) is 18.9 Å². The summed E-state index contributed by atoms with van der Waals surface area (Å²) in [5.74, 6) is 0. The van der Waals surface area contributed by atoms with Crippen molar-refractivity contribution in [3.8, 4) is 0 Å². The Kier molecular flexibility index (Phi) is 4.48. The van der Waals surface area contributed by atoms with Crippen LogP contribution in [0.25, 0.3) is 0 Å². The SMILES string of the molecule is CNC1CCN(c2ccccc2S(=O)(=O)C(F)(F)F)CC1. The monoisotopic (exact) mass is 322 g/mol. The van der Waals surface area contributed by atoms with Crippen LogP contribution in [0.3, 0.4) is 0 Å². The van der Waals surface area contributed by atoms with Crippen LogP contribution in [0, 0.1) is 0 Å². The van der Waals surface area contributed by atoms with E-state index in [1.54, 1.807) is 11.0 Å². The van der Waals surface area contributed by atoms with Crippen LogP contribution in [0.4, 0.5) is 18.9 Å². The molecule has 0 amide bonds. The van der Waals surface area contributed by atoms with Gasteiger partial charge in [-0.2, -0.15) is 13.2 Å². The maximum atomic E-state index is 12.8. The molecule has 1 aromatic carbocycles. The van der Waals surface area contributed by atoms with Crippen molar-refractivity contribution in [2.45, 2.75) is 29.3 Å². The minimum Gasteiger partial charge on any atom is -0.370 e. The van der Waals surface area contributed by atoms with Crippen LogP contribution in [-0.2, 0) is 9.84 Å². The average molecular weight is 322 g/mol. The predicted molar refractivity (Wildman–Crippen MR) is 74.0 cm³/mol. The number of nitrogens with zero attached hydrogens (tertiary/aromatic N) is 1. The molecule has 4 nitrogen and oxygen atoms in total. The van der Waals surface area contributed by atoms with E-state index in [4.69, 9.17) is 0 Å². The Hall–Kier alpha value is -1.28. The number of rotatable bonds is 3. The molecule has 1 fully saturated rings. The van der Waals surface area contributed by atoms with Gasteiger partial charge >= 0.3 is 5.51 Å². The summed E-state index contributed by atoms with van der Waals surface area (Å²) >= 11 is 0. The van der Waals surface area contributed by atoms with E-state index in [2.05, 4.69) is 5.32 Å². The molecule has 0 unspecified atom stereocenters. The van der Waals surface area contributed by atoms with E-state index in [1.165, 1.54) is 12.1 Å². The molecule has 8 heteroatoms. The fraction of sp³-hybridized carbons (Fsp3) is 0.538. The van der Waals surface area contributed by atoms with Gasteiger partial charge in [0.2, 0.25) is 0 Å². The van der Waals surface area contributed by atoms with Crippen LogP contribution in [-0.4, -0.2) is 40.1 Å². The van der Waals surface area contributed by atoms with E-state index in [1.807, 2.05) is 7.05 Å². The number of hydrogen-bond acceptors (Lipinski definition) is 4. The summed E-state index contributed by atoms with van der Waals surface area (Å²) in [6.07, 6.45) is 1.52. The van der Waals surface area contributed by atoms with Crippen molar-refractivity contribution in [2.24, 2.45) is 0 Å². The lowest BCUT2D eigenvalue weighted by Gasteiger charge is -2.34. The topological polar surface area (TPSA) is 49.4 Å². The normalized spacial score (nSPS) is 18.0. The fourth-order valence-electron chi connectivity index (χ4n) is 2.48. The van der Waals surface area contributed by atoms with Gasteiger partial charge in [-0.05, 0) is 32.0 Å². The maximum Gasteiger partial charge on any atom is 0.501 e. The molecule has 1 aliphatic rings. The summed E-state index contributed by atoms with van der Waals surface area (Å²) in [7, 11) is -3.50. The van der Waals surface area contributed by atoms with Crippen molar-refractivity contribution in [1.29, 1.82) is 0 Å². The highest BCUT2D eigenvalue weighted by Gasteiger charge is 2.48. The van der Waals surface area contributed by atoms with Gasteiger partial charge in [-0.25, -0.2) is 8.42 Å². The molecule has 0 radical (unpaired) electrons. The average Bonchev–Trinajstić information content (AvgIpc) is 2.46. The molecule has 1 aliphatic heterocycles. The first-order valence-corrected chi connectivity index (χ1v) is 8.08. The van der Waals surface area contributed by atoms with Gasteiger partial charge in [0, 0.05) is 19.1 Å². The van der Waals surface area contributed by atoms with Gasteiger partial charge in [0.05, 0.1) is 10.6 Å². The minimum absolute atomic E-state index is 0.129. The van der Waals surface area contributed by atoms with Crippen LogP contribution in [0.15, 0.2) is 29.2 Å². The lowest BCUT2D eigenvalue weighted by molar-refractivity contribution is -0.0435. The Balaban J connectivity index is 2.35. The van der Waals surface area contributed by atoms with Crippen LogP contribution in [0.2, 0.25) is 0 Å². The summed E-state index contributed by atoms with van der Waals surface area (Å²) in [5.41, 5.74) is -5.16. The third-order valence-corrected chi connectivity index (χ3v) is 5.24. The first kappa shape index (κ1) is 16.1. The molecule has 1 heterocycles. The second-order valence-corrected chi connectivity index (χ2v) is 6.88. The van der Waals surface area contributed by atoms with Gasteiger partial charge in [-0.3, -0.25) is 0 Å². The van der Waals surface area contributed by atoms with Gasteiger partial charge < -0.3 is 10.2 Å². The standard InChI is InChI=1S/C13H17F3N2O2S/c1-17-10-6-8-18(9-7-10)11-4-2-3-5-12(11)21(19,20)13(14,15)16/h2-5,10,17H,6-9H2,1H3. The quantitative estimate of drug-likeness (QED) is 0.926. The van der Waals surface area contributed by atoms with E-state index in [9.17, 15) is 21.6 Å². The lowest BCUT2D eigenvalue weighted by atomic mass is 10.0. The first-order chi connectivity index (χ1) is 9.77. The van der Waals surface area contributed by atoms with Crippen LogP contribution in [0.1, 0.15) is 12.8 Å². The molecule has 0 aliphatic carbocycles. The molecule has 0 spiro atoms. The van der Waals surface area contributed by atoms with Crippen molar-refractivity contribution in [2.75, 3.05) is 25.0 Å². The smallest absolute Gasteiger partial charge is 0.370 e. The molecule has 118 valence electrons. The Morgan fingerprint density at radius 2 is 1.76 bits per heavy atom. The van der Waals surface area contributed by atoms with Crippen LogP contribution < -0.4 is 10.2 Å². The lowest BCUT2D eigenvalue weighted by Crippen LogP contribution is -2.42. The predicted octanol–water partition coefficient (Wildman–Crippen LogP) is 2.17. The number of hydrogen-bond donors (Lipinski definition) is 1. The van der Waals surface area contributed by atoms with E-state index >= 15 is 0 Å². The molecule has 0 saturated carbocycles. The zero-order valence-corrected chi connectivity index (χ0v) is 12.3. The van der Waals surface area contributed by atoms with E-state index in [0.29, 0.717) is 19.1 Å². The highest BCUT2D eigenvalue weighted by molar-refractivity contribution is 7.92. The Bertz CT molecular complexity index is 594. The third-order valence-electron chi connectivity index (χ3n) is 3.70. The van der Waals surface area contributed by atoms with Gasteiger partial charge in [-0.1, -0.05) is 12.1 Å². The third kappa shape index (κ3) is 3.16. The Labute approximate surface area is 121 Å². The number of anilines is 1. The molecule has 1 aromatic rings. The second kappa shape index (κ2) is 5.84. The van der Waals surface area contributed by atoms with Gasteiger partial charge in [0.15, 0.2) is 0 Å². The number of para-hydroxylation sites is 1. The van der Waals surface area contributed by atoms with Crippen LogP contribution >= 0.6 is 0 Å². The van der Waals surface area contributed by atoms with E-state index < -0.39 is 20.2 Å². The van der Waals surface area contributed by atoms with E-state index in [-0.39, 0.29) is 5.69 Å². The molecule has 0 atom stereocenters. The van der Waals surface area contributed by atoms with Gasteiger partial charge in [0.25, 0.3) is 9.84 Å². The number of halogens is 3. The molecule has 1 saturated heterocycles. The molecule has 0 bridgehead atoms. The highest BCUT2D eigenvalue weighted by atomic mass is 32.2. The second-order valence-electron chi connectivity index (χ2n) is 4.97. The highest BCUT2D eigenvalue weighted by Crippen LogP contribution is 2.36. The molecule has 1 N–H and O–H groups in total. The molecular weight excluding hydrogens is 305 g/mol. The summed E-state index contributed by atoms with van der Waals surface area (Å²) < 4.78 is 61.6. The fourth-order valence-corrected chi connectivity index (χ4v) is 3.46. The Morgan fingerprint density at radius 1 is 1.19 bits per heavy atom. The maximum absolute atomic E-state index is 12.8. The number of sulfone groups is 1. The number of alkyl halides is 3. The van der Waals surface area contributed by atoms with Crippen molar-refractivity contribution >= 4 is 15.5 Å².